The Morgan fingerprint density at radius 3 is 2.64 bits per heavy atom. The molecule has 2 heterocycles. The minimum atomic E-state index is -0.0930. The zero-order chi connectivity index (χ0) is 17.8. The Morgan fingerprint density at radius 1 is 1.16 bits per heavy atom. The summed E-state index contributed by atoms with van der Waals surface area (Å²) in [7, 11) is 3.69. The Kier molecular flexibility index (Phi) is 4.85. The fourth-order valence-corrected chi connectivity index (χ4v) is 2.37. The van der Waals surface area contributed by atoms with Gasteiger partial charge in [0.25, 0.3) is 0 Å². The van der Waals surface area contributed by atoms with Gasteiger partial charge in [-0.15, -0.1) is 0 Å². The summed E-state index contributed by atoms with van der Waals surface area (Å²) < 4.78 is 0. The zero-order valence-electron chi connectivity index (χ0n) is 14.4. The molecule has 0 radical (unpaired) electrons. The van der Waals surface area contributed by atoms with Gasteiger partial charge in [-0.2, -0.15) is 0 Å². The number of hydrogen-bond acceptors (Lipinski definition) is 6. The van der Waals surface area contributed by atoms with E-state index in [4.69, 9.17) is 0 Å². The maximum absolute atomic E-state index is 11.9. The van der Waals surface area contributed by atoms with Crippen molar-refractivity contribution < 1.29 is 4.79 Å². The van der Waals surface area contributed by atoms with E-state index in [0.717, 1.165) is 5.69 Å². The fraction of sp³-hybridized carbons (Fsp3) is 0.222. The van der Waals surface area contributed by atoms with Crippen LogP contribution in [0.3, 0.4) is 0 Å². The zero-order valence-corrected chi connectivity index (χ0v) is 14.4. The molecule has 0 aliphatic heterocycles. The van der Waals surface area contributed by atoms with Crippen LogP contribution in [0, 0.1) is 6.92 Å². The molecule has 0 unspecified atom stereocenters. The number of likely N-dealkylation sites (N-methyl/N-ethyl adjacent to an activating group) is 1. The summed E-state index contributed by atoms with van der Waals surface area (Å²) >= 11 is 0. The molecule has 128 valence electrons. The number of anilines is 3. The van der Waals surface area contributed by atoms with Crippen LogP contribution in [-0.4, -0.2) is 46.4 Å². The normalized spacial score (nSPS) is 10.9. The highest BCUT2D eigenvalue weighted by molar-refractivity contribution is 5.94. The lowest BCUT2D eigenvalue weighted by molar-refractivity contribution is -0.116. The molecular formula is C18H20N6O. The van der Waals surface area contributed by atoms with Crippen molar-refractivity contribution in [1.29, 1.82) is 0 Å². The summed E-state index contributed by atoms with van der Waals surface area (Å²) in [5.41, 5.74) is 3.44. The van der Waals surface area contributed by atoms with Crippen molar-refractivity contribution in [3.63, 3.8) is 0 Å². The quantitative estimate of drug-likeness (QED) is 0.745. The molecule has 0 saturated heterocycles. The number of fused-ring (bicyclic) bond motifs is 1. The molecular weight excluding hydrogens is 316 g/mol. The van der Waals surface area contributed by atoms with Crippen LogP contribution in [0.5, 0.6) is 0 Å². The number of carbonyl (C=O) groups excluding carboxylic acids is 1. The van der Waals surface area contributed by atoms with Gasteiger partial charge in [0.15, 0.2) is 11.5 Å². The highest BCUT2D eigenvalue weighted by atomic mass is 16.2. The molecule has 7 nitrogen and oxygen atoms in total. The maximum atomic E-state index is 11.9. The first-order valence-electron chi connectivity index (χ1n) is 7.92. The SMILES string of the molecule is Cc1nc2nc(Nc3ccccc3)cnc2cc1NC(=O)CN(C)C. The number of nitrogens with zero attached hydrogens (tertiary/aromatic N) is 4. The van der Waals surface area contributed by atoms with E-state index >= 15 is 0 Å². The molecule has 25 heavy (non-hydrogen) atoms. The largest absolute Gasteiger partial charge is 0.339 e. The molecule has 2 N–H and O–H groups in total. The van der Waals surface area contributed by atoms with Crippen LogP contribution in [0.15, 0.2) is 42.6 Å². The lowest BCUT2D eigenvalue weighted by Gasteiger charge is -2.12. The van der Waals surface area contributed by atoms with Gasteiger partial charge in [-0.3, -0.25) is 4.79 Å². The Bertz CT molecular complexity index is 895. The van der Waals surface area contributed by atoms with Gasteiger partial charge >= 0.3 is 0 Å². The molecule has 0 spiro atoms. The Morgan fingerprint density at radius 2 is 1.92 bits per heavy atom. The predicted molar refractivity (Wildman–Crippen MR) is 99.0 cm³/mol. The van der Waals surface area contributed by atoms with Crippen LogP contribution in [0.2, 0.25) is 0 Å². The second kappa shape index (κ2) is 7.23. The number of benzene rings is 1. The highest BCUT2D eigenvalue weighted by Crippen LogP contribution is 2.20. The summed E-state index contributed by atoms with van der Waals surface area (Å²) in [6.45, 7) is 2.15. The molecule has 2 aromatic heterocycles. The summed E-state index contributed by atoms with van der Waals surface area (Å²) in [4.78, 5) is 27.1. The second-order valence-corrected chi connectivity index (χ2v) is 6.00. The van der Waals surface area contributed by atoms with Gasteiger partial charge in [0.1, 0.15) is 5.52 Å². The van der Waals surface area contributed by atoms with E-state index in [-0.39, 0.29) is 5.91 Å². The smallest absolute Gasteiger partial charge is 0.238 e. The van der Waals surface area contributed by atoms with Crippen LogP contribution in [0.25, 0.3) is 11.2 Å². The number of hydrogen-bond donors (Lipinski definition) is 2. The first-order valence-corrected chi connectivity index (χ1v) is 7.92. The van der Waals surface area contributed by atoms with Crippen molar-refractivity contribution in [1.82, 2.24) is 19.9 Å². The van der Waals surface area contributed by atoms with Crippen molar-refractivity contribution in [2.75, 3.05) is 31.3 Å². The maximum Gasteiger partial charge on any atom is 0.238 e. The number of pyridine rings is 1. The third-order valence-electron chi connectivity index (χ3n) is 3.51. The van der Waals surface area contributed by atoms with Gasteiger partial charge in [0.05, 0.1) is 24.1 Å². The van der Waals surface area contributed by atoms with Crippen LogP contribution in [0.4, 0.5) is 17.2 Å². The molecule has 3 aromatic rings. The summed E-state index contributed by atoms with van der Waals surface area (Å²) in [6, 6.07) is 11.5. The average Bonchev–Trinajstić information content (AvgIpc) is 2.56. The van der Waals surface area contributed by atoms with Gasteiger partial charge in [0, 0.05) is 5.69 Å². The fourth-order valence-electron chi connectivity index (χ4n) is 2.37. The summed E-state index contributed by atoms with van der Waals surface area (Å²) in [6.07, 6.45) is 1.65. The standard InChI is InChI=1S/C18H20N6O/c1-12-14(22-17(25)11-24(2)3)9-15-18(20-12)23-16(10-19-15)21-13-7-5-4-6-8-13/h4-10H,11H2,1-3H3,(H,22,25)(H,20,21,23). The number of aromatic nitrogens is 3. The van der Waals surface area contributed by atoms with E-state index in [1.165, 1.54) is 0 Å². The van der Waals surface area contributed by atoms with Crippen LogP contribution in [0.1, 0.15) is 5.69 Å². The number of rotatable bonds is 5. The molecule has 0 fully saturated rings. The van der Waals surface area contributed by atoms with Crippen LogP contribution in [-0.2, 0) is 4.79 Å². The topological polar surface area (TPSA) is 83.0 Å². The lowest BCUT2D eigenvalue weighted by atomic mass is 10.3. The monoisotopic (exact) mass is 336 g/mol. The molecule has 0 atom stereocenters. The number of nitrogens with one attached hydrogen (secondary N) is 2. The minimum absolute atomic E-state index is 0.0930. The van der Waals surface area contributed by atoms with E-state index in [2.05, 4.69) is 25.6 Å². The van der Waals surface area contributed by atoms with Crippen molar-refractivity contribution in [3.05, 3.63) is 48.3 Å². The minimum Gasteiger partial charge on any atom is -0.339 e. The number of carbonyl (C=O) groups is 1. The van der Waals surface area contributed by atoms with Gasteiger partial charge in [-0.25, -0.2) is 15.0 Å². The number of amides is 1. The van der Waals surface area contributed by atoms with Crippen molar-refractivity contribution >= 4 is 34.3 Å². The molecule has 3 rings (SSSR count). The Balaban J connectivity index is 1.84. The van der Waals surface area contributed by atoms with Gasteiger partial charge in [0.2, 0.25) is 5.91 Å². The molecule has 7 heteroatoms. The Hall–Kier alpha value is -3.06. The van der Waals surface area contributed by atoms with E-state index in [9.17, 15) is 4.79 Å². The van der Waals surface area contributed by atoms with Gasteiger partial charge in [-0.05, 0) is 39.2 Å². The van der Waals surface area contributed by atoms with Crippen LogP contribution < -0.4 is 10.6 Å². The number of para-hydroxylation sites is 1. The third-order valence-corrected chi connectivity index (χ3v) is 3.51. The average molecular weight is 336 g/mol. The molecule has 0 aliphatic carbocycles. The van der Waals surface area contributed by atoms with Crippen LogP contribution >= 0.6 is 0 Å². The van der Waals surface area contributed by atoms with E-state index < -0.39 is 0 Å². The van der Waals surface area contributed by atoms with Gasteiger partial charge < -0.3 is 15.5 Å². The molecule has 0 aliphatic rings. The Labute approximate surface area is 146 Å². The van der Waals surface area contributed by atoms with E-state index in [1.807, 2.05) is 51.4 Å². The third kappa shape index (κ3) is 4.27. The predicted octanol–water partition coefficient (Wildman–Crippen LogP) is 2.58. The molecule has 1 aromatic carbocycles. The lowest BCUT2D eigenvalue weighted by Crippen LogP contribution is -2.27. The summed E-state index contributed by atoms with van der Waals surface area (Å²) in [5.74, 6) is 0.527. The molecule has 0 saturated carbocycles. The van der Waals surface area contributed by atoms with Gasteiger partial charge in [-0.1, -0.05) is 18.2 Å². The number of aryl methyl sites for hydroxylation is 1. The van der Waals surface area contributed by atoms with Crippen molar-refractivity contribution in [3.8, 4) is 0 Å². The second-order valence-electron chi connectivity index (χ2n) is 6.00. The van der Waals surface area contributed by atoms with E-state index in [0.29, 0.717) is 34.9 Å². The van der Waals surface area contributed by atoms with E-state index in [1.54, 1.807) is 17.2 Å². The highest BCUT2D eigenvalue weighted by Gasteiger charge is 2.10. The first kappa shape index (κ1) is 16.8. The molecule has 1 amide bonds. The summed E-state index contributed by atoms with van der Waals surface area (Å²) in [5, 5.41) is 6.06. The van der Waals surface area contributed by atoms with Crippen molar-refractivity contribution in [2.24, 2.45) is 0 Å². The van der Waals surface area contributed by atoms with Crippen molar-refractivity contribution in [2.45, 2.75) is 6.92 Å². The first-order chi connectivity index (χ1) is 12.0. The molecule has 0 bridgehead atoms.